The number of rotatable bonds is 0. The first-order valence-corrected chi connectivity index (χ1v) is 5.92. The number of benzene rings is 1. The predicted octanol–water partition coefficient (Wildman–Crippen LogP) is 3.74. The molecule has 16 heavy (non-hydrogen) atoms. The van der Waals surface area contributed by atoms with Crippen molar-refractivity contribution in [2.24, 2.45) is 5.92 Å². The molecule has 2 aliphatic carbocycles. The molecule has 0 N–H and O–H groups in total. The lowest BCUT2D eigenvalue weighted by atomic mass is 9.88. The van der Waals surface area contributed by atoms with Crippen molar-refractivity contribution in [3.8, 4) is 0 Å². The second-order valence-corrected chi connectivity index (χ2v) is 4.69. The molecule has 0 heterocycles. The van der Waals surface area contributed by atoms with Crippen molar-refractivity contribution in [3.63, 3.8) is 0 Å². The Morgan fingerprint density at radius 2 is 2.00 bits per heavy atom. The minimum Gasteiger partial charge on any atom is -0.0839 e. The minimum atomic E-state index is 0.326. The topological polar surface area (TPSA) is 0 Å². The van der Waals surface area contributed by atoms with Crippen molar-refractivity contribution in [2.45, 2.75) is 6.42 Å². The molecule has 0 aromatic heterocycles. The molecule has 0 amide bonds. The maximum atomic E-state index is 5.40. The Kier molecular flexibility index (Phi) is 2.33. The average Bonchev–Trinajstić information content (AvgIpc) is 2.48. The van der Waals surface area contributed by atoms with Gasteiger partial charge in [-0.25, -0.2) is 0 Å². The third kappa shape index (κ3) is 1.57. The average molecular weight is 224 g/mol. The van der Waals surface area contributed by atoms with Gasteiger partial charge in [-0.15, -0.1) is 0 Å². The monoisotopic (exact) mass is 224 g/mol. The highest BCUT2D eigenvalue weighted by atomic mass is 32.1. The van der Waals surface area contributed by atoms with E-state index in [1.165, 1.54) is 16.7 Å². The van der Waals surface area contributed by atoms with Crippen LogP contribution in [0.2, 0.25) is 0 Å². The molecule has 0 saturated carbocycles. The second kappa shape index (κ2) is 3.84. The molecule has 1 aromatic rings. The normalized spacial score (nSPS) is 22.1. The maximum Gasteiger partial charge on any atom is 0.0340 e. The van der Waals surface area contributed by atoms with Crippen LogP contribution in [0.15, 0.2) is 54.1 Å². The fraction of sp³-hybridized carbons (Fsp3) is 0.133. The van der Waals surface area contributed by atoms with E-state index in [4.69, 9.17) is 12.2 Å². The number of thiocarbonyl (C=S) groups is 1. The first-order chi connectivity index (χ1) is 7.84. The molecular weight excluding hydrogens is 212 g/mol. The van der Waals surface area contributed by atoms with Gasteiger partial charge in [0.15, 0.2) is 0 Å². The Morgan fingerprint density at radius 1 is 1.12 bits per heavy atom. The summed E-state index contributed by atoms with van der Waals surface area (Å²) in [6, 6.07) is 8.55. The van der Waals surface area contributed by atoms with Gasteiger partial charge in [0.05, 0.1) is 0 Å². The molecule has 0 nitrogen and oxygen atoms in total. The Balaban J connectivity index is 2.10. The zero-order valence-electron chi connectivity index (χ0n) is 8.89. The zero-order chi connectivity index (χ0) is 11.0. The molecule has 78 valence electrons. The van der Waals surface area contributed by atoms with Crippen molar-refractivity contribution in [1.82, 2.24) is 0 Å². The summed E-state index contributed by atoms with van der Waals surface area (Å²) in [7, 11) is 0. The number of fused-ring (bicyclic) bond motifs is 2. The smallest absolute Gasteiger partial charge is 0.0340 e. The molecule has 0 aliphatic heterocycles. The van der Waals surface area contributed by atoms with Crippen molar-refractivity contribution in [3.05, 3.63) is 65.3 Å². The van der Waals surface area contributed by atoms with Crippen LogP contribution in [0.3, 0.4) is 0 Å². The molecule has 0 fully saturated rings. The van der Waals surface area contributed by atoms with E-state index in [1.54, 1.807) is 0 Å². The van der Waals surface area contributed by atoms with E-state index in [-0.39, 0.29) is 0 Å². The van der Waals surface area contributed by atoms with Crippen LogP contribution in [0.5, 0.6) is 0 Å². The van der Waals surface area contributed by atoms with Crippen LogP contribution in [-0.2, 0) is 6.42 Å². The molecule has 1 heteroatoms. The highest BCUT2D eigenvalue weighted by Gasteiger charge is 2.20. The molecule has 2 aliphatic rings. The van der Waals surface area contributed by atoms with Gasteiger partial charge in [-0.3, -0.25) is 0 Å². The van der Waals surface area contributed by atoms with Gasteiger partial charge in [0.1, 0.15) is 0 Å². The molecule has 0 bridgehead atoms. The molecular formula is C15H12S. The fourth-order valence-electron chi connectivity index (χ4n) is 2.32. The van der Waals surface area contributed by atoms with E-state index in [9.17, 15) is 0 Å². The van der Waals surface area contributed by atoms with E-state index < -0.39 is 0 Å². The number of hydrogen-bond donors (Lipinski definition) is 0. The SMILES string of the molecule is S=C1C=CC=C2Cc3ccccc3C=CC12. The summed E-state index contributed by atoms with van der Waals surface area (Å²) in [6.45, 7) is 0. The van der Waals surface area contributed by atoms with Crippen molar-refractivity contribution >= 4 is 23.2 Å². The van der Waals surface area contributed by atoms with Crippen LogP contribution in [0, 0.1) is 5.92 Å². The van der Waals surface area contributed by atoms with E-state index in [0.717, 1.165) is 11.3 Å². The van der Waals surface area contributed by atoms with Gasteiger partial charge in [-0.2, -0.15) is 0 Å². The van der Waals surface area contributed by atoms with Crippen LogP contribution in [0.1, 0.15) is 11.1 Å². The highest BCUT2D eigenvalue weighted by Crippen LogP contribution is 2.29. The van der Waals surface area contributed by atoms with E-state index >= 15 is 0 Å². The number of allylic oxidation sites excluding steroid dienone is 5. The molecule has 0 radical (unpaired) electrons. The summed E-state index contributed by atoms with van der Waals surface area (Å²) in [5.74, 6) is 0.326. The molecule has 0 spiro atoms. The van der Waals surface area contributed by atoms with Crippen molar-refractivity contribution in [1.29, 1.82) is 0 Å². The van der Waals surface area contributed by atoms with Gasteiger partial charge in [0.25, 0.3) is 0 Å². The molecule has 1 unspecified atom stereocenters. The standard InChI is InChI=1S/C15H12S/c16-15-7-3-6-13-10-12-5-2-1-4-11(12)8-9-14(13)15/h1-9,14H,10H2. The molecule has 1 atom stereocenters. The largest absolute Gasteiger partial charge is 0.0839 e. The summed E-state index contributed by atoms with van der Waals surface area (Å²) in [5, 5.41) is 0. The van der Waals surface area contributed by atoms with Crippen LogP contribution in [0.4, 0.5) is 0 Å². The minimum absolute atomic E-state index is 0.326. The Hall–Kier alpha value is -1.47. The Labute approximate surface area is 101 Å². The van der Waals surface area contributed by atoms with E-state index in [0.29, 0.717) is 5.92 Å². The maximum absolute atomic E-state index is 5.40. The lowest BCUT2D eigenvalue weighted by Gasteiger charge is -2.17. The van der Waals surface area contributed by atoms with Gasteiger partial charge in [0, 0.05) is 10.8 Å². The third-order valence-corrected chi connectivity index (χ3v) is 3.58. The van der Waals surface area contributed by atoms with Gasteiger partial charge < -0.3 is 0 Å². The van der Waals surface area contributed by atoms with E-state index in [2.05, 4.69) is 48.6 Å². The van der Waals surface area contributed by atoms with Crippen LogP contribution < -0.4 is 0 Å². The predicted molar refractivity (Wildman–Crippen MR) is 72.5 cm³/mol. The summed E-state index contributed by atoms with van der Waals surface area (Å²) >= 11 is 5.40. The summed E-state index contributed by atoms with van der Waals surface area (Å²) in [4.78, 5) is 1.03. The third-order valence-electron chi connectivity index (χ3n) is 3.19. The summed E-state index contributed by atoms with van der Waals surface area (Å²) in [6.07, 6.45) is 11.7. The van der Waals surface area contributed by atoms with Crippen LogP contribution in [0.25, 0.3) is 6.08 Å². The zero-order valence-corrected chi connectivity index (χ0v) is 9.71. The lowest BCUT2D eigenvalue weighted by Crippen LogP contribution is -2.13. The molecule has 3 rings (SSSR count). The van der Waals surface area contributed by atoms with Crippen molar-refractivity contribution in [2.75, 3.05) is 0 Å². The highest BCUT2D eigenvalue weighted by molar-refractivity contribution is 7.80. The summed E-state index contributed by atoms with van der Waals surface area (Å²) in [5.41, 5.74) is 4.12. The van der Waals surface area contributed by atoms with Crippen LogP contribution in [-0.4, -0.2) is 4.86 Å². The molecule has 1 aromatic carbocycles. The van der Waals surface area contributed by atoms with Crippen molar-refractivity contribution < 1.29 is 0 Å². The first kappa shape index (κ1) is 9.73. The number of hydrogen-bond acceptors (Lipinski definition) is 1. The van der Waals surface area contributed by atoms with Gasteiger partial charge in [-0.1, -0.05) is 66.4 Å². The second-order valence-electron chi connectivity index (χ2n) is 4.22. The first-order valence-electron chi connectivity index (χ1n) is 5.52. The lowest BCUT2D eigenvalue weighted by molar-refractivity contribution is 0.969. The van der Waals surface area contributed by atoms with E-state index in [1.807, 2.05) is 6.08 Å². The molecule has 0 saturated heterocycles. The Bertz CT molecular complexity index is 532. The van der Waals surface area contributed by atoms with Gasteiger partial charge >= 0.3 is 0 Å². The Morgan fingerprint density at radius 3 is 2.94 bits per heavy atom. The quantitative estimate of drug-likeness (QED) is 0.605. The van der Waals surface area contributed by atoms with Crippen LogP contribution >= 0.6 is 12.2 Å². The van der Waals surface area contributed by atoms with Gasteiger partial charge in [-0.05, 0) is 23.6 Å². The fourth-order valence-corrected chi connectivity index (χ4v) is 2.63. The van der Waals surface area contributed by atoms with Gasteiger partial charge in [0.2, 0.25) is 0 Å². The summed E-state index contributed by atoms with van der Waals surface area (Å²) < 4.78 is 0.